The molecule has 4 rings (SSSR count). The highest BCUT2D eigenvalue weighted by Gasteiger charge is 2.50. The molecule has 0 spiro atoms. The lowest BCUT2D eigenvalue weighted by Gasteiger charge is -2.32. The van der Waals surface area contributed by atoms with E-state index < -0.39 is 0 Å². The zero-order chi connectivity index (χ0) is 23.3. The fourth-order valence-corrected chi connectivity index (χ4v) is 5.23. The minimum Gasteiger partial charge on any atom is -0.483 e. The topological polar surface area (TPSA) is 84.4 Å². The van der Waals surface area contributed by atoms with Crippen molar-refractivity contribution >= 4 is 18.4 Å². The first-order valence-corrected chi connectivity index (χ1v) is 11.2. The third kappa shape index (κ3) is 5.38. The molecule has 3 heterocycles. The lowest BCUT2D eigenvalue weighted by Crippen LogP contribution is -2.44. The van der Waals surface area contributed by atoms with Crippen molar-refractivity contribution in [1.29, 1.82) is 0 Å². The number of hydrogen-bond acceptors (Lipinski definition) is 4. The number of urea groups is 1. The largest absolute Gasteiger partial charge is 0.483 e. The van der Waals surface area contributed by atoms with Gasteiger partial charge in [0.05, 0.1) is 12.6 Å². The number of halogens is 1. The van der Waals surface area contributed by atoms with Gasteiger partial charge in [-0.05, 0) is 43.6 Å². The molecule has 176 valence electrons. The predicted molar refractivity (Wildman–Crippen MR) is 117 cm³/mol. The number of likely N-dealkylation sites (tertiary alicyclic amines) is 3. The summed E-state index contributed by atoms with van der Waals surface area (Å²) in [5.74, 6) is 0.271. The summed E-state index contributed by atoms with van der Waals surface area (Å²) in [7, 11) is 3.49. The Hall–Kier alpha value is -2.68. The van der Waals surface area contributed by atoms with Crippen LogP contribution in [-0.2, 0) is 9.59 Å². The number of fused-ring (bicyclic) bond motifs is 1. The van der Waals surface area contributed by atoms with Crippen LogP contribution in [0, 0.1) is 17.7 Å². The van der Waals surface area contributed by atoms with Crippen molar-refractivity contribution in [3.05, 3.63) is 35.6 Å². The van der Waals surface area contributed by atoms with Gasteiger partial charge >= 0.3 is 6.03 Å². The highest BCUT2D eigenvalue weighted by Crippen LogP contribution is 2.45. The molecule has 0 unspecified atom stereocenters. The van der Waals surface area contributed by atoms with Crippen LogP contribution in [0.2, 0.25) is 0 Å². The molecule has 0 bridgehead atoms. The Balaban J connectivity index is 0.000000913. The molecule has 1 aromatic carbocycles. The maximum Gasteiger partial charge on any atom is 0.320 e. The monoisotopic (exact) mass is 448 g/mol. The predicted octanol–water partition coefficient (Wildman–Crippen LogP) is 2.13. The lowest BCUT2D eigenvalue weighted by atomic mass is 9.89. The van der Waals surface area contributed by atoms with E-state index in [1.807, 2.05) is 15.9 Å². The highest BCUT2D eigenvalue weighted by atomic mass is 19.1. The van der Waals surface area contributed by atoms with Gasteiger partial charge in [-0.15, -0.1) is 0 Å². The fourth-order valence-electron chi connectivity index (χ4n) is 5.23. The third-order valence-electron chi connectivity index (χ3n) is 6.64. The molecule has 32 heavy (non-hydrogen) atoms. The zero-order valence-corrected chi connectivity index (χ0v) is 18.8. The number of amides is 3. The van der Waals surface area contributed by atoms with E-state index in [1.165, 1.54) is 31.4 Å². The molecule has 0 saturated carbocycles. The van der Waals surface area contributed by atoms with E-state index in [0.29, 0.717) is 26.2 Å². The molecule has 1 aromatic rings. The molecular weight excluding hydrogens is 415 g/mol. The van der Waals surface area contributed by atoms with Crippen molar-refractivity contribution in [1.82, 2.24) is 19.6 Å². The molecule has 3 amide bonds. The molecule has 0 aliphatic carbocycles. The van der Waals surface area contributed by atoms with Crippen LogP contribution in [0.15, 0.2) is 24.3 Å². The van der Waals surface area contributed by atoms with Crippen LogP contribution in [0.5, 0.6) is 0 Å². The van der Waals surface area contributed by atoms with Crippen LogP contribution in [0.25, 0.3) is 0 Å². The summed E-state index contributed by atoms with van der Waals surface area (Å²) in [5.41, 5.74) is 0.818. The van der Waals surface area contributed by atoms with Crippen LogP contribution in [0.3, 0.4) is 0 Å². The fraction of sp³-hybridized carbons (Fsp3) is 0.609. The average Bonchev–Trinajstić information content (AvgIpc) is 3.32. The number of piperidine rings is 1. The van der Waals surface area contributed by atoms with Crippen LogP contribution < -0.4 is 0 Å². The first-order valence-electron chi connectivity index (χ1n) is 11.2. The number of rotatable bonds is 3. The van der Waals surface area contributed by atoms with Gasteiger partial charge in [0.1, 0.15) is 5.82 Å². The van der Waals surface area contributed by atoms with E-state index in [2.05, 4.69) is 4.90 Å². The van der Waals surface area contributed by atoms with E-state index in [9.17, 15) is 14.0 Å². The molecule has 1 N–H and O–H groups in total. The van der Waals surface area contributed by atoms with Gasteiger partial charge in [0.15, 0.2) is 0 Å². The van der Waals surface area contributed by atoms with Crippen LogP contribution >= 0.6 is 0 Å². The van der Waals surface area contributed by atoms with Gasteiger partial charge in [-0.3, -0.25) is 14.5 Å². The van der Waals surface area contributed by atoms with Crippen molar-refractivity contribution in [2.45, 2.75) is 25.3 Å². The lowest BCUT2D eigenvalue weighted by molar-refractivity contribution is -0.132. The van der Waals surface area contributed by atoms with Crippen LogP contribution in [0.4, 0.5) is 9.18 Å². The van der Waals surface area contributed by atoms with E-state index in [1.54, 1.807) is 25.1 Å². The minimum absolute atomic E-state index is 0.0557. The summed E-state index contributed by atoms with van der Waals surface area (Å²) in [6.07, 6.45) is 3.59. The summed E-state index contributed by atoms with van der Waals surface area (Å²) in [6, 6.07) is 6.30. The first kappa shape index (κ1) is 24.0. The molecule has 3 aliphatic rings. The quantitative estimate of drug-likeness (QED) is 0.716. The molecule has 9 heteroatoms. The Morgan fingerprint density at radius 3 is 2.47 bits per heavy atom. The van der Waals surface area contributed by atoms with E-state index in [0.717, 1.165) is 18.7 Å². The summed E-state index contributed by atoms with van der Waals surface area (Å²) in [5, 5.41) is 6.89. The van der Waals surface area contributed by atoms with Gasteiger partial charge < -0.3 is 19.8 Å². The van der Waals surface area contributed by atoms with E-state index in [4.69, 9.17) is 9.90 Å². The second-order valence-corrected chi connectivity index (χ2v) is 8.99. The maximum absolute atomic E-state index is 13.9. The second kappa shape index (κ2) is 10.8. The minimum atomic E-state index is -0.292. The standard InChI is InChI=1S/C22H31FN4O2.CH2O2/c1-24(2)22(29)27-13-17-12-26(20(28)15-25-9-4-3-5-10-25)14-19(17)21(27)16-7-6-8-18(23)11-16;2-1-3/h6-8,11,17,19,21H,3-5,9-10,12-15H2,1-2H3;1H,(H,2,3)/t17-,19-,21+;/m1./s1. The van der Waals surface area contributed by atoms with E-state index in [-0.39, 0.29) is 42.1 Å². The molecular formula is C23H33FN4O4. The molecule has 0 radical (unpaired) electrons. The molecule has 8 nitrogen and oxygen atoms in total. The summed E-state index contributed by atoms with van der Waals surface area (Å²) in [4.78, 5) is 41.7. The average molecular weight is 449 g/mol. The second-order valence-electron chi connectivity index (χ2n) is 8.99. The Morgan fingerprint density at radius 2 is 1.84 bits per heavy atom. The van der Waals surface area contributed by atoms with Gasteiger partial charge in [-0.1, -0.05) is 18.6 Å². The van der Waals surface area contributed by atoms with E-state index >= 15 is 0 Å². The Morgan fingerprint density at radius 1 is 1.16 bits per heavy atom. The smallest absolute Gasteiger partial charge is 0.320 e. The maximum atomic E-state index is 13.9. The molecule has 3 saturated heterocycles. The normalized spacial score (nSPS) is 25.0. The summed E-state index contributed by atoms with van der Waals surface area (Å²) in [6.45, 7) is 4.17. The van der Waals surface area contributed by atoms with Crippen molar-refractivity contribution in [3.63, 3.8) is 0 Å². The Bertz CT molecular complexity index is 815. The van der Waals surface area contributed by atoms with Crippen molar-refractivity contribution < 1.29 is 23.9 Å². The Kier molecular flexibility index (Phi) is 8.06. The van der Waals surface area contributed by atoms with Crippen LogP contribution in [0.1, 0.15) is 30.9 Å². The van der Waals surface area contributed by atoms with Gasteiger partial charge in [0.25, 0.3) is 6.47 Å². The zero-order valence-electron chi connectivity index (χ0n) is 18.8. The van der Waals surface area contributed by atoms with Crippen molar-refractivity contribution in [3.8, 4) is 0 Å². The van der Waals surface area contributed by atoms with Gasteiger partial charge in [0, 0.05) is 45.6 Å². The third-order valence-corrected chi connectivity index (χ3v) is 6.64. The van der Waals surface area contributed by atoms with Crippen LogP contribution in [-0.4, -0.2) is 96.5 Å². The number of hydrogen-bond donors (Lipinski definition) is 1. The number of carbonyl (C=O) groups excluding carboxylic acids is 2. The number of benzene rings is 1. The SMILES string of the molecule is CN(C)C(=O)N1C[C@H]2CN(C(=O)CN3CCCCC3)C[C@H]2[C@@H]1c1cccc(F)c1.O=CO. The molecule has 3 aliphatic heterocycles. The summed E-state index contributed by atoms with van der Waals surface area (Å²) < 4.78 is 13.9. The van der Waals surface area contributed by atoms with Gasteiger partial charge in [-0.2, -0.15) is 0 Å². The first-order chi connectivity index (χ1) is 15.3. The molecule has 3 fully saturated rings. The van der Waals surface area contributed by atoms with Gasteiger partial charge in [-0.25, -0.2) is 9.18 Å². The number of carboxylic acid groups (broad SMARTS) is 1. The molecule has 0 aromatic heterocycles. The molecule has 3 atom stereocenters. The van der Waals surface area contributed by atoms with Crippen molar-refractivity contribution in [2.24, 2.45) is 11.8 Å². The van der Waals surface area contributed by atoms with Crippen molar-refractivity contribution in [2.75, 3.05) is 53.4 Å². The Labute approximate surface area is 188 Å². The number of nitrogens with zero attached hydrogens (tertiary/aromatic N) is 4. The summed E-state index contributed by atoms with van der Waals surface area (Å²) >= 11 is 0. The van der Waals surface area contributed by atoms with Gasteiger partial charge in [0.2, 0.25) is 5.91 Å². The highest BCUT2D eigenvalue weighted by molar-refractivity contribution is 5.79. The number of carbonyl (C=O) groups is 3.